The van der Waals surface area contributed by atoms with Crippen molar-refractivity contribution in [3.05, 3.63) is 76.4 Å². The van der Waals surface area contributed by atoms with Gasteiger partial charge in [-0.2, -0.15) is 0 Å². The zero-order valence-electron chi connectivity index (χ0n) is 7.76. The maximum atomic E-state index is 11.3. The first-order chi connectivity index (χ1) is 7.58. The van der Waals surface area contributed by atoms with Crippen LogP contribution in [-0.2, 0) is 0 Å². The third-order valence-electron chi connectivity index (χ3n) is 1.80. The van der Waals surface area contributed by atoms with Crippen molar-refractivity contribution in [1.82, 2.24) is 0 Å². The molecule has 0 saturated carbocycles. The average molecular weight is 220 g/mol. The molecule has 0 saturated heterocycles. The maximum Gasteiger partial charge on any atom is 0.336 e. The van der Waals surface area contributed by atoms with Crippen molar-refractivity contribution in [3.8, 4) is 0 Å². The summed E-state index contributed by atoms with van der Waals surface area (Å²) in [6.45, 7) is 0. The zero-order chi connectivity index (χ0) is 11.7. The van der Waals surface area contributed by atoms with Crippen molar-refractivity contribution >= 4 is 0 Å². The minimum absolute atomic E-state index is 0.560. The van der Waals surface area contributed by atoms with Crippen LogP contribution >= 0.6 is 0 Å². The monoisotopic (exact) mass is 220 g/mol. The number of hydrogen-bond donors (Lipinski definition) is 0. The van der Waals surface area contributed by atoms with Crippen molar-refractivity contribution in [2.75, 3.05) is 0 Å². The molecule has 6 heteroatoms. The Labute approximate surface area is 86.1 Å². The molecule has 1 aliphatic carbocycles. The summed E-state index contributed by atoms with van der Waals surface area (Å²) in [7, 11) is 0. The minimum atomic E-state index is -0.916. The van der Waals surface area contributed by atoms with Gasteiger partial charge in [-0.3, -0.25) is 9.59 Å². The lowest BCUT2D eigenvalue weighted by Crippen LogP contribution is -2.14. The van der Waals surface area contributed by atoms with Crippen molar-refractivity contribution < 1.29 is 8.83 Å². The van der Waals surface area contributed by atoms with E-state index in [0.717, 1.165) is 24.3 Å². The van der Waals surface area contributed by atoms with Crippen LogP contribution in [0.25, 0.3) is 0 Å². The topological polar surface area (TPSA) is 94.6 Å². The second-order valence-electron chi connectivity index (χ2n) is 2.90. The molecule has 1 aliphatic heterocycles. The lowest BCUT2D eigenvalue weighted by Gasteiger charge is -1.84. The van der Waals surface area contributed by atoms with E-state index in [1.54, 1.807) is 0 Å². The van der Waals surface area contributed by atoms with Crippen molar-refractivity contribution in [2.24, 2.45) is 0 Å². The average Bonchev–Trinajstić information content (AvgIpc) is 2.23. The summed E-state index contributed by atoms with van der Waals surface area (Å²) in [6, 6.07) is 3.49. The highest BCUT2D eigenvalue weighted by molar-refractivity contribution is 5.01. The van der Waals surface area contributed by atoms with E-state index < -0.39 is 32.9 Å². The molecule has 0 fully saturated rings. The first-order valence-corrected chi connectivity index (χ1v) is 4.20. The molecular formula is C10H4O6. The predicted octanol–water partition coefficient (Wildman–Crippen LogP) is -0.962. The predicted molar refractivity (Wildman–Crippen MR) is 51.4 cm³/mol. The van der Waals surface area contributed by atoms with Crippen LogP contribution in [0, 0.1) is 10.8 Å². The summed E-state index contributed by atoms with van der Waals surface area (Å²) in [6.07, 6.45) is 0. The van der Waals surface area contributed by atoms with Gasteiger partial charge in [-0.1, -0.05) is 0 Å². The molecule has 0 aromatic heterocycles. The van der Waals surface area contributed by atoms with Gasteiger partial charge in [0.15, 0.2) is 0 Å². The van der Waals surface area contributed by atoms with Crippen LogP contribution in [0.15, 0.2) is 52.3 Å². The normalized spacial score (nSPS) is 10.2. The standard InChI is InChI=1S/C10H4O6/c11-5-1-2-6(12)10-9(5)15-7(13)3-4-8(14)16-10/h1-4H. The van der Waals surface area contributed by atoms with E-state index >= 15 is 0 Å². The van der Waals surface area contributed by atoms with E-state index in [0.29, 0.717) is 0 Å². The van der Waals surface area contributed by atoms with Crippen LogP contribution in [-0.4, -0.2) is 0 Å². The third-order valence-corrected chi connectivity index (χ3v) is 1.80. The molecular weight excluding hydrogens is 216 g/mol. The maximum absolute atomic E-state index is 11.3. The van der Waals surface area contributed by atoms with E-state index in [4.69, 9.17) is 0 Å². The molecule has 6 nitrogen and oxygen atoms in total. The second kappa shape index (κ2) is 3.58. The molecule has 0 radical (unpaired) electrons. The molecule has 16 heavy (non-hydrogen) atoms. The summed E-state index contributed by atoms with van der Waals surface area (Å²) in [4.78, 5) is 44.7. The Balaban J connectivity index is 3.40. The van der Waals surface area contributed by atoms with E-state index in [-0.39, 0.29) is 0 Å². The van der Waals surface area contributed by atoms with Crippen molar-refractivity contribution in [3.63, 3.8) is 0 Å². The Morgan fingerprint density at radius 1 is 0.625 bits per heavy atom. The second-order valence-corrected chi connectivity index (χ2v) is 2.90. The van der Waals surface area contributed by atoms with Gasteiger partial charge in [-0.05, 0) is 12.1 Å². The van der Waals surface area contributed by atoms with Gasteiger partial charge in [0.2, 0.25) is 21.7 Å². The first-order valence-electron chi connectivity index (χ1n) is 4.20. The Morgan fingerprint density at radius 3 is 1.38 bits per heavy atom. The van der Waals surface area contributed by atoms with E-state index in [9.17, 15) is 19.2 Å². The first kappa shape index (κ1) is 10.0. The summed E-state index contributed by atoms with van der Waals surface area (Å²) >= 11 is 0. The molecule has 0 spiro atoms. The lowest BCUT2D eigenvalue weighted by molar-refractivity contribution is 0.415. The Bertz CT molecular complexity index is 758. The highest BCUT2D eigenvalue weighted by Gasteiger charge is 2.01. The highest BCUT2D eigenvalue weighted by atomic mass is 16.4. The summed E-state index contributed by atoms with van der Waals surface area (Å²) in [5.41, 5.74) is -4.36. The molecule has 2 aliphatic rings. The van der Waals surface area contributed by atoms with Gasteiger partial charge in [0.05, 0.1) is 0 Å². The Morgan fingerprint density at radius 2 is 1.00 bits per heavy atom. The van der Waals surface area contributed by atoms with Gasteiger partial charge in [0, 0.05) is 12.1 Å². The van der Waals surface area contributed by atoms with Crippen LogP contribution in [0.2, 0.25) is 0 Å². The quantitative estimate of drug-likeness (QED) is 0.567. The highest BCUT2D eigenvalue weighted by Crippen LogP contribution is 1.80. The minimum Gasteiger partial charge on any atom is -0.415 e. The molecule has 2 rings (SSSR count). The largest absolute Gasteiger partial charge is 0.415 e. The summed E-state index contributed by atoms with van der Waals surface area (Å²) in [5, 5.41) is 0. The van der Waals surface area contributed by atoms with Gasteiger partial charge in [-0.25, -0.2) is 9.59 Å². The van der Waals surface area contributed by atoms with E-state index in [2.05, 4.69) is 8.83 Å². The Hall–Kier alpha value is -2.50. The van der Waals surface area contributed by atoms with Gasteiger partial charge in [-0.15, -0.1) is 0 Å². The van der Waals surface area contributed by atoms with E-state index in [1.807, 2.05) is 0 Å². The fourth-order valence-electron chi connectivity index (χ4n) is 1.13. The fraction of sp³-hybridized carbons (Fsp3) is 0. The number of hydrogen-bond acceptors (Lipinski definition) is 6. The van der Waals surface area contributed by atoms with Crippen molar-refractivity contribution in [1.29, 1.82) is 0 Å². The lowest BCUT2D eigenvalue weighted by atomic mass is 10.3. The van der Waals surface area contributed by atoms with Crippen LogP contribution in [0.1, 0.15) is 0 Å². The molecule has 0 bridgehead atoms. The van der Waals surface area contributed by atoms with Crippen LogP contribution < -0.4 is 22.1 Å². The fourth-order valence-corrected chi connectivity index (χ4v) is 1.13. The molecule has 0 aromatic rings. The van der Waals surface area contributed by atoms with Gasteiger partial charge in [0.1, 0.15) is 0 Å². The van der Waals surface area contributed by atoms with Crippen LogP contribution in [0.3, 0.4) is 0 Å². The van der Waals surface area contributed by atoms with Gasteiger partial charge >= 0.3 is 11.3 Å². The van der Waals surface area contributed by atoms with Gasteiger partial charge < -0.3 is 8.83 Å². The van der Waals surface area contributed by atoms with Gasteiger partial charge in [0.25, 0.3) is 0 Å². The summed E-state index contributed by atoms with van der Waals surface area (Å²) < 4.78 is 9.16. The molecule has 0 atom stereocenters. The molecule has 1 heterocycles. The van der Waals surface area contributed by atoms with Crippen LogP contribution in [0.4, 0.5) is 0 Å². The molecule has 80 valence electrons. The Kier molecular flexibility index (Phi) is 2.24. The van der Waals surface area contributed by atoms with Crippen LogP contribution in [0.5, 0.6) is 0 Å². The summed E-state index contributed by atoms with van der Waals surface area (Å²) in [5.74, 6) is 0. The molecule has 0 N–H and O–H groups in total. The SMILES string of the molecule is O=c1ccc(=O)oc2c(=O)ccc(=O)c=2o1. The van der Waals surface area contributed by atoms with Crippen molar-refractivity contribution in [2.45, 2.75) is 0 Å². The molecule has 0 aromatic carbocycles. The molecule has 0 unspecified atom stereocenters. The number of rotatable bonds is 0. The smallest absolute Gasteiger partial charge is 0.336 e. The molecule has 0 amide bonds. The van der Waals surface area contributed by atoms with E-state index in [1.165, 1.54) is 0 Å². The zero-order valence-corrected chi connectivity index (χ0v) is 7.76. The third kappa shape index (κ3) is 1.68.